The second kappa shape index (κ2) is 6.20. The first-order valence-electron chi connectivity index (χ1n) is 6.03. The Morgan fingerprint density at radius 1 is 1.27 bits per heavy atom. The maximum atomic E-state index is 13.2. The molecule has 0 saturated heterocycles. The molecule has 0 radical (unpaired) electrons. The van der Waals surface area contributed by atoms with Crippen molar-refractivity contribution in [3.8, 4) is 0 Å². The molecule has 5 nitrogen and oxygen atoms in total. The Kier molecular flexibility index (Phi) is 5.00. The number of hydrogen-bond acceptors (Lipinski definition) is 4. The summed E-state index contributed by atoms with van der Waals surface area (Å²) in [6.07, 6.45) is -6.06. The zero-order chi connectivity index (χ0) is 17.1. The van der Waals surface area contributed by atoms with E-state index in [2.05, 4.69) is 10.5 Å². The highest BCUT2D eigenvalue weighted by Crippen LogP contribution is 2.28. The third-order valence-corrected chi connectivity index (χ3v) is 2.24. The summed E-state index contributed by atoms with van der Waals surface area (Å²) in [5.74, 6) is -0.991. The van der Waals surface area contributed by atoms with Crippen LogP contribution in [0, 0.1) is 5.82 Å². The van der Waals surface area contributed by atoms with Crippen molar-refractivity contribution in [3.63, 3.8) is 0 Å². The Morgan fingerprint density at radius 2 is 1.86 bits per heavy atom. The lowest BCUT2D eigenvalue weighted by Gasteiger charge is -2.20. The van der Waals surface area contributed by atoms with Crippen LogP contribution in [0.2, 0.25) is 0 Å². The first-order valence-corrected chi connectivity index (χ1v) is 6.03. The number of hydrogen-bond donors (Lipinski definition) is 2. The van der Waals surface area contributed by atoms with Gasteiger partial charge in [0, 0.05) is 5.56 Å². The van der Waals surface area contributed by atoms with Gasteiger partial charge >= 0.3 is 12.3 Å². The van der Waals surface area contributed by atoms with Crippen molar-refractivity contribution in [2.45, 2.75) is 32.5 Å². The second-order valence-corrected chi connectivity index (χ2v) is 5.26. The van der Waals surface area contributed by atoms with Crippen molar-refractivity contribution in [1.82, 2.24) is 0 Å². The van der Waals surface area contributed by atoms with E-state index < -0.39 is 40.7 Å². The van der Waals surface area contributed by atoms with Crippen molar-refractivity contribution in [1.29, 1.82) is 0 Å². The van der Waals surface area contributed by atoms with Crippen LogP contribution in [0.25, 0.3) is 0 Å². The Morgan fingerprint density at radius 3 is 2.32 bits per heavy atom. The maximum Gasteiger partial charge on any atom is 0.437 e. The largest absolute Gasteiger partial charge is 0.444 e. The highest BCUT2D eigenvalue weighted by Gasteiger charge is 2.39. The van der Waals surface area contributed by atoms with Crippen molar-refractivity contribution in [2.24, 2.45) is 5.16 Å². The van der Waals surface area contributed by atoms with E-state index in [1.54, 1.807) is 20.8 Å². The molecule has 1 amide bonds. The van der Waals surface area contributed by atoms with E-state index in [1.807, 2.05) is 0 Å². The molecule has 0 aliphatic rings. The molecular formula is C13H14F4N2O3. The molecule has 0 fully saturated rings. The first kappa shape index (κ1) is 17.7. The minimum atomic E-state index is -5.03. The number of amides is 1. The molecule has 1 aromatic carbocycles. The summed E-state index contributed by atoms with van der Waals surface area (Å²) in [4.78, 5) is 11.6. The summed E-state index contributed by atoms with van der Waals surface area (Å²) in [5.41, 5.74) is -3.83. The lowest BCUT2D eigenvalue weighted by Crippen LogP contribution is -2.29. The van der Waals surface area contributed by atoms with Gasteiger partial charge in [-0.15, -0.1) is 0 Å². The summed E-state index contributed by atoms with van der Waals surface area (Å²) in [6.45, 7) is 4.69. The number of ether oxygens (including phenoxy) is 1. The normalized spacial score (nSPS) is 13.0. The topological polar surface area (TPSA) is 70.9 Å². The third kappa shape index (κ3) is 4.90. The summed E-state index contributed by atoms with van der Waals surface area (Å²) in [7, 11) is 0. The van der Waals surface area contributed by atoms with Crippen molar-refractivity contribution < 1.29 is 32.3 Å². The molecule has 0 aliphatic carbocycles. The number of benzene rings is 1. The highest BCUT2D eigenvalue weighted by molar-refractivity contribution is 6.09. The molecule has 0 bridgehead atoms. The molecule has 1 aromatic rings. The second-order valence-electron chi connectivity index (χ2n) is 5.26. The molecule has 0 spiro atoms. The maximum absolute atomic E-state index is 13.2. The smallest absolute Gasteiger partial charge is 0.437 e. The fourth-order valence-electron chi connectivity index (χ4n) is 1.50. The number of halogens is 4. The van der Waals surface area contributed by atoms with E-state index in [0.717, 1.165) is 12.1 Å². The van der Waals surface area contributed by atoms with Crippen LogP contribution in [0.5, 0.6) is 0 Å². The molecule has 0 atom stereocenters. The summed E-state index contributed by atoms with van der Waals surface area (Å²) >= 11 is 0. The van der Waals surface area contributed by atoms with E-state index >= 15 is 0 Å². The number of rotatable bonds is 2. The van der Waals surface area contributed by atoms with Gasteiger partial charge in [-0.2, -0.15) is 13.2 Å². The fraction of sp³-hybridized carbons (Fsp3) is 0.385. The Bertz CT molecular complexity index is 592. The number of anilines is 1. The number of alkyl halides is 3. The molecule has 0 heterocycles. The summed E-state index contributed by atoms with van der Waals surface area (Å²) in [5, 5.41) is 12.8. The van der Waals surface area contributed by atoms with E-state index in [0.29, 0.717) is 6.07 Å². The SMILES string of the molecule is CC(C)(C)OC(=O)Nc1ccc(F)cc1/C(=N/O)C(F)(F)F. The third-order valence-electron chi connectivity index (χ3n) is 2.24. The molecule has 9 heteroatoms. The van der Waals surface area contributed by atoms with Crippen LogP contribution in [-0.4, -0.2) is 28.8 Å². The van der Waals surface area contributed by atoms with Crippen molar-refractivity contribution in [2.75, 3.05) is 5.32 Å². The van der Waals surface area contributed by atoms with Gasteiger partial charge < -0.3 is 9.94 Å². The number of nitrogens with one attached hydrogen (secondary N) is 1. The van der Waals surface area contributed by atoms with Crippen molar-refractivity contribution in [3.05, 3.63) is 29.6 Å². The van der Waals surface area contributed by atoms with E-state index in [9.17, 15) is 22.4 Å². The van der Waals surface area contributed by atoms with Crippen LogP contribution in [0.15, 0.2) is 23.4 Å². The van der Waals surface area contributed by atoms with Gasteiger partial charge in [-0.05, 0) is 39.0 Å². The minimum Gasteiger partial charge on any atom is -0.444 e. The van der Waals surface area contributed by atoms with Crippen LogP contribution < -0.4 is 5.32 Å². The van der Waals surface area contributed by atoms with Gasteiger partial charge in [0.25, 0.3) is 0 Å². The average molecular weight is 322 g/mol. The molecule has 0 saturated carbocycles. The number of oxime groups is 1. The summed E-state index contributed by atoms with van der Waals surface area (Å²) in [6, 6.07) is 2.25. The van der Waals surface area contributed by atoms with Crippen LogP contribution in [-0.2, 0) is 4.74 Å². The highest BCUT2D eigenvalue weighted by atomic mass is 19.4. The Hall–Kier alpha value is -2.32. The number of carbonyl (C=O) groups excluding carboxylic acids is 1. The minimum absolute atomic E-state index is 0.402. The number of carbonyl (C=O) groups is 1. The van der Waals surface area contributed by atoms with E-state index in [-0.39, 0.29) is 0 Å². The van der Waals surface area contributed by atoms with E-state index in [4.69, 9.17) is 9.94 Å². The molecule has 0 aliphatic heterocycles. The van der Waals surface area contributed by atoms with Crippen LogP contribution >= 0.6 is 0 Å². The van der Waals surface area contributed by atoms with E-state index in [1.165, 1.54) is 0 Å². The zero-order valence-corrected chi connectivity index (χ0v) is 12.0. The summed E-state index contributed by atoms with van der Waals surface area (Å²) < 4.78 is 56.4. The molecule has 1 rings (SSSR count). The lowest BCUT2D eigenvalue weighted by atomic mass is 10.1. The van der Waals surface area contributed by atoms with Gasteiger partial charge in [-0.3, -0.25) is 5.32 Å². The van der Waals surface area contributed by atoms with Gasteiger partial charge in [-0.25, -0.2) is 9.18 Å². The van der Waals surface area contributed by atoms with Gasteiger partial charge in [0.15, 0.2) is 5.71 Å². The van der Waals surface area contributed by atoms with Gasteiger partial charge in [0.05, 0.1) is 5.69 Å². The molecule has 0 unspecified atom stereocenters. The monoisotopic (exact) mass is 322 g/mol. The lowest BCUT2D eigenvalue weighted by molar-refractivity contribution is -0.0601. The van der Waals surface area contributed by atoms with Crippen LogP contribution in [0.1, 0.15) is 26.3 Å². The molecule has 2 N–H and O–H groups in total. The molecule has 22 heavy (non-hydrogen) atoms. The van der Waals surface area contributed by atoms with Crippen LogP contribution in [0.3, 0.4) is 0 Å². The van der Waals surface area contributed by atoms with Crippen molar-refractivity contribution >= 4 is 17.5 Å². The van der Waals surface area contributed by atoms with Crippen LogP contribution in [0.4, 0.5) is 28.0 Å². The predicted octanol–water partition coefficient (Wildman–Crippen LogP) is 3.91. The Labute approximate surface area is 123 Å². The quantitative estimate of drug-likeness (QED) is 0.375. The van der Waals surface area contributed by atoms with Gasteiger partial charge in [-0.1, -0.05) is 5.16 Å². The van der Waals surface area contributed by atoms with Gasteiger partial charge in [0.2, 0.25) is 0 Å². The fourth-order valence-corrected chi connectivity index (χ4v) is 1.50. The Balaban J connectivity index is 3.20. The van der Waals surface area contributed by atoms with Gasteiger partial charge in [0.1, 0.15) is 11.4 Å². The standard InChI is InChI=1S/C13H14F4N2O3/c1-12(2,3)22-11(20)18-9-5-4-7(14)6-8(9)10(19-21)13(15,16)17/h4-6,21H,1-3H3,(H,18,20)/b19-10-. The number of nitrogens with zero attached hydrogens (tertiary/aromatic N) is 1. The molecule has 0 aromatic heterocycles. The first-order chi connectivity index (χ1) is 9.94. The molecule has 122 valence electrons. The molecular weight excluding hydrogens is 308 g/mol. The zero-order valence-electron chi connectivity index (χ0n) is 12.0. The predicted molar refractivity (Wildman–Crippen MR) is 70.6 cm³/mol. The average Bonchev–Trinajstić information content (AvgIpc) is 2.29.